The molecule has 2 aliphatic carbocycles. The second-order valence-corrected chi connectivity index (χ2v) is 9.87. The number of rotatable bonds is 5. The maximum absolute atomic E-state index is 14.0. The smallest absolute Gasteiger partial charge is 0.281 e. The number of pyridine rings is 1. The summed E-state index contributed by atoms with van der Waals surface area (Å²) in [6, 6.07) is 12.0. The summed E-state index contributed by atoms with van der Waals surface area (Å²) in [5.41, 5.74) is 6.88. The molecular weight excluding hydrogens is 424 g/mol. The van der Waals surface area contributed by atoms with E-state index in [-0.39, 0.29) is 5.56 Å². The fourth-order valence-electron chi connectivity index (χ4n) is 4.94. The van der Waals surface area contributed by atoms with Crippen LogP contribution in [-0.2, 0) is 13.6 Å². The van der Waals surface area contributed by atoms with Gasteiger partial charge in [0.2, 0.25) is 0 Å². The van der Waals surface area contributed by atoms with Crippen molar-refractivity contribution in [2.45, 2.75) is 45.1 Å². The fourth-order valence-corrected chi connectivity index (χ4v) is 4.94. The maximum Gasteiger partial charge on any atom is 0.281 e. The largest absolute Gasteiger partial charge is 0.345 e. The summed E-state index contributed by atoms with van der Waals surface area (Å²) in [5, 5.41) is 4.81. The fraction of sp³-hybridized carbons (Fsp3) is 0.333. The average molecular weight is 451 g/mol. The lowest BCUT2D eigenvalue weighted by molar-refractivity contribution is 0.646. The molecule has 2 saturated carbocycles. The van der Waals surface area contributed by atoms with Crippen LogP contribution >= 0.6 is 0 Å². The van der Waals surface area contributed by atoms with Gasteiger partial charge in [0.25, 0.3) is 5.56 Å². The predicted octanol–water partition coefficient (Wildman–Crippen LogP) is 4.73. The van der Waals surface area contributed by atoms with E-state index >= 15 is 0 Å². The Balaban J connectivity index is 1.46. The van der Waals surface area contributed by atoms with Crippen LogP contribution in [-0.4, -0.2) is 28.9 Å². The Morgan fingerprint density at radius 1 is 1.03 bits per heavy atom. The molecule has 0 bridgehead atoms. The van der Waals surface area contributed by atoms with E-state index in [1.54, 1.807) is 0 Å². The first-order chi connectivity index (χ1) is 16.6. The van der Waals surface area contributed by atoms with Crippen LogP contribution < -0.4 is 5.56 Å². The monoisotopic (exact) mass is 450 g/mol. The normalized spacial score (nSPS) is 16.1. The van der Waals surface area contributed by atoms with Gasteiger partial charge in [-0.3, -0.25) is 9.78 Å². The lowest BCUT2D eigenvalue weighted by atomic mass is 10.1. The highest BCUT2D eigenvalue weighted by Crippen LogP contribution is 2.39. The number of imidazole rings is 1. The molecule has 7 rings (SSSR count). The Labute approximate surface area is 196 Å². The van der Waals surface area contributed by atoms with E-state index in [1.807, 2.05) is 49.0 Å². The molecule has 0 aliphatic heterocycles. The number of aryl methyl sites for hydroxylation is 2. The van der Waals surface area contributed by atoms with Gasteiger partial charge >= 0.3 is 0 Å². The molecule has 0 unspecified atom stereocenters. The highest BCUT2D eigenvalue weighted by atomic mass is 16.1. The van der Waals surface area contributed by atoms with Crippen molar-refractivity contribution in [1.82, 2.24) is 28.9 Å². The number of fused-ring (bicyclic) bond motifs is 2. The van der Waals surface area contributed by atoms with Crippen LogP contribution in [0.3, 0.4) is 0 Å². The third kappa shape index (κ3) is 3.10. The average Bonchev–Trinajstić information content (AvgIpc) is 3.77. The van der Waals surface area contributed by atoms with Crippen LogP contribution in [0.15, 0.2) is 53.6 Å². The molecule has 0 radical (unpaired) electrons. The van der Waals surface area contributed by atoms with Gasteiger partial charge in [0, 0.05) is 43.2 Å². The molecule has 4 aromatic heterocycles. The molecule has 7 heteroatoms. The highest BCUT2D eigenvalue weighted by Gasteiger charge is 2.27. The topological polar surface area (TPSA) is 70.5 Å². The van der Waals surface area contributed by atoms with Gasteiger partial charge in [-0.2, -0.15) is 9.78 Å². The number of benzene rings is 1. The van der Waals surface area contributed by atoms with Crippen LogP contribution in [0, 0.1) is 12.8 Å². The van der Waals surface area contributed by atoms with Crippen molar-refractivity contribution in [2.75, 3.05) is 0 Å². The number of aromatic nitrogens is 6. The molecule has 0 saturated heterocycles. The first-order valence-corrected chi connectivity index (χ1v) is 12.1. The molecule has 1 aromatic carbocycles. The number of hydrogen-bond acceptors (Lipinski definition) is 4. The molecule has 7 nitrogen and oxygen atoms in total. The molecule has 2 fully saturated rings. The first-order valence-electron chi connectivity index (χ1n) is 12.1. The van der Waals surface area contributed by atoms with Crippen molar-refractivity contribution < 1.29 is 0 Å². The summed E-state index contributed by atoms with van der Waals surface area (Å²) in [6.07, 6.45) is 8.86. The van der Waals surface area contributed by atoms with Crippen LogP contribution in [0.1, 0.15) is 43.1 Å². The lowest BCUT2D eigenvalue weighted by Gasteiger charge is -2.13. The molecule has 34 heavy (non-hydrogen) atoms. The van der Waals surface area contributed by atoms with Crippen LogP contribution in [0.5, 0.6) is 0 Å². The predicted molar refractivity (Wildman–Crippen MR) is 132 cm³/mol. The standard InChI is InChI=1S/C27H26N6O/c1-16-29-22-10-8-20(13-24(22)31(16)2)33-27(34)25(19-7-9-21(28-14-19)18-5-6-18)26-23(30-33)11-12-32(26)15-17-3-4-17/h7-14,17-18H,3-6,15H2,1-2H3. The van der Waals surface area contributed by atoms with Crippen molar-refractivity contribution in [3.05, 3.63) is 70.7 Å². The van der Waals surface area contributed by atoms with Crippen molar-refractivity contribution in [2.24, 2.45) is 13.0 Å². The number of hydrogen-bond donors (Lipinski definition) is 0. The zero-order valence-corrected chi connectivity index (χ0v) is 19.4. The molecule has 0 atom stereocenters. The zero-order valence-electron chi connectivity index (χ0n) is 19.4. The first kappa shape index (κ1) is 19.7. The van der Waals surface area contributed by atoms with Gasteiger partial charge in [0.1, 0.15) is 11.3 Å². The van der Waals surface area contributed by atoms with E-state index in [0.717, 1.165) is 51.4 Å². The molecule has 4 heterocycles. The van der Waals surface area contributed by atoms with Crippen LogP contribution in [0.4, 0.5) is 0 Å². The molecule has 170 valence electrons. The van der Waals surface area contributed by atoms with Gasteiger partial charge in [-0.05, 0) is 68.9 Å². The van der Waals surface area contributed by atoms with Crippen molar-refractivity contribution in [3.8, 4) is 16.8 Å². The summed E-state index contributed by atoms with van der Waals surface area (Å²) in [6.45, 7) is 2.91. The van der Waals surface area contributed by atoms with E-state index in [2.05, 4.69) is 27.9 Å². The van der Waals surface area contributed by atoms with Gasteiger partial charge in [0.05, 0.1) is 27.8 Å². The zero-order chi connectivity index (χ0) is 23.0. The van der Waals surface area contributed by atoms with Crippen LogP contribution in [0.25, 0.3) is 38.9 Å². The van der Waals surface area contributed by atoms with Crippen molar-refractivity contribution >= 4 is 22.1 Å². The Morgan fingerprint density at radius 3 is 2.62 bits per heavy atom. The third-order valence-electron chi connectivity index (χ3n) is 7.35. The quantitative estimate of drug-likeness (QED) is 0.388. The lowest BCUT2D eigenvalue weighted by Crippen LogP contribution is -2.24. The summed E-state index contributed by atoms with van der Waals surface area (Å²) in [5.74, 6) is 2.20. The van der Waals surface area contributed by atoms with Gasteiger partial charge in [-0.25, -0.2) is 4.98 Å². The summed E-state index contributed by atoms with van der Waals surface area (Å²) < 4.78 is 5.79. The Hall–Kier alpha value is -3.74. The van der Waals surface area contributed by atoms with E-state index in [0.29, 0.717) is 17.4 Å². The SMILES string of the molecule is Cc1nc2ccc(-n3nc4ccn(CC5CC5)c4c(-c4ccc(C5CC5)nc4)c3=O)cc2n1C. The van der Waals surface area contributed by atoms with Crippen molar-refractivity contribution in [1.29, 1.82) is 0 Å². The molecular formula is C27H26N6O. The van der Waals surface area contributed by atoms with E-state index in [4.69, 9.17) is 10.1 Å². The second-order valence-electron chi connectivity index (χ2n) is 9.87. The van der Waals surface area contributed by atoms with Gasteiger partial charge in [0.15, 0.2) is 0 Å². The summed E-state index contributed by atoms with van der Waals surface area (Å²) >= 11 is 0. The molecule has 0 N–H and O–H groups in total. The Bertz CT molecular complexity index is 1630. The maximum atomic E-state index is 14.0. The summed E-state index contributed by atoms with van der Waals surface area (Å²) in [4.78, 5) is 23.3. The minimum Gasteiger partial charge on any atom is -0.345 e. The summed E-state index contributed by atoms with van der Waals surface area (Å²) in [7, 11) is 1.99. The van der Waals surface area contributed by atoms with Gasteiger partial charge in [-0.15, -0.1) is 0 Å². The molecule has 2 aliphatic rings. The van der Waals surface area contributed by atoms with E-state index in [9.17, 15) is 4.79 Å². The van der Waals surface area contributed by atoms with E-state index < -0.39 is 0 Å². The second kappa shape index (κ2) is 7.13. The van der Waals surface area contributed by atoms with Crippen LogP contribution in [0.2, 0.25) is 0 Å². The van der Waals surface area contributed by atoms with Crippen molar-refractivity contribution in [3.63, 3.8) is 0 Å². The number of nitrogens with zero attached hydrogens (tertiary/aromatic N) is 6. The Kier molecular flexibility index (Phi) is 4.13. The van der Waals surface area contributed by atoms with E-state index in [1.165, 1.54) is 30.4 Å². The van der Waals surface area contributed by atoms with Gasteiger partial charge < -0.3 is 9.13 Å². The highest BCUT2D eigenvalue weighted by molar-refractivity contribution is 5.91. The minimum atomic E-state index is -0.123. The molecule has 0 spiro atoms. The third-order valence-corrected chi connectivity index (χ3v) is 7.35. The van der Waals surface area contributed by atoms with Gasteiger partial charge in [-0.1, -0.05) is 6.07 Å². The minimum absolute atomic E-state index is 0.123. The Morgan fingerprint density at radius 2 is 1.88 bits per heavy atom. The molecule has 0 amide bonds. The molecule has 5 aromatic rings.